The molecule has 108 valence electrons. The highest BCUT2D eigenvalue weighted by molar-refractivity contribution is 7.89. The van der Waals surface area contributed by atoms with Gasteiger partial charge in [-0.15, -0.1) is 0 Å². The second-order valence-electron chi connectivity index (χ2n) is 4.72. The molecule has 0 atom stereocenters. The van der Waals surface area contributed by atoms with Crippen LogP contribution in [-0.2, 0) is 14.8 Å². The van der Waals surface area contributed by atoms with Gasteiger partial charge in [-0.3, -0.25) is 4.90 Å². The zero-order chi connectivity index (χ0) is 13.4. The largest absolute Gasteiger partial charge is 0.378 e. The average Bonchev–Trinajstić information content (AvgIpc) is 2.29. The van der Waals surface area contributed by atoms with E-state index in [-0.39, 0.29) is 18.5 Å². The second kappa shape index (κ2) is 8.06. The van der Waals surface area contributed by atoms with Crippen LogP contribution in [-0.4, -0.2) is 71.0 Å². The van der Waals surface area contributed by atoms with E-state index in [0.29, 0.717) is 6.54 Å². The maximum atomic E-state index is 11.6. The minimum absolute atomic E-state index is 0.0345. The Morgan fingerprint density at radius 2 is 2.00 bits per heavy atom. The van der Waals surface area contributed by atoms with Gasteiger partial charge in [-0.05, 0) is 13.8 Å². The van der Waals surface area contributed by atoms with Crippen LogP contribution >= 0.6 is 0 Å². The predicted octanol–water partition coefficient (Wildman–Crippen LogP) is -0.764. The molecule has 0 amide bonds. The molecule has 6 nitrogen and oxygen atoms in total. The SMILES string of the molecule is CC(C)OCCS(=O)(=O)NCCN1CCNCC1. The van der Waals surface area contributed by atoms with E-state index >= 15 is 0 Å². The Labute approximate surface area is 110 Å². The highest BCUT2D eigenvalue weighted by atomic mass is 32.2. The van der Waals surface area contributed by atoms with Crippen LogP contribution < -0.4 is 10.0 Å². The van der Waals surface area contributed by atoms with Crippen molar-refractivity contribution in [3.05, 3.63) is 0 Å². The molecule has 0 saturated carbocycles. The Morgan fingerprint density at radius 3 is 2.61 bits per heavy atom. The van der Waals surface area contributed by atoms with E-state index in [4.69, 9.17) is 4.74 Å². The lowest BCUT2D eigenvalue weighted by Crippen LogP contribution is -2.46. The number of ether oxygens (including phenoxy) is 1. The maximum absolute atomic E-state index is 11.6. The molecule has 7 heteroatoms. The van der Waals surface area contributed by atoms with Crippen LogP contribution in [0.5, 0.6) is 0 Å². The number of hydrogen-bond donors (Lipinski definition) is 2. The number of piperazine rings is 1. The van der Waals surface area contributed by atoms with Crippen molar-refractivity contribution in [1.82, 2.24) is 14.9 Å². The molecule has 0 unspecified atom stereocenters. The molecule has 1 aliphatic heterocycles. The van der Waals surface area contributed by atoms with Crippen molar-refractivity contribution in [2.24, 2.45) is 0 Å². The van der Waals surface area contributed by atoms with Gasteiger partial charge in [0.2, 0.25) is 10.0 Å². The van der Waals surface area contributed by atoms with Crippen molar-refractivity contribution in [2.45, 2.75) is 20.0 Å². The van der Waals surface area contributed by atoms with Crippen LogP contribution in [0.4, 0.5) is 0 Å². The van der Waals surface area contributed by atoms with Crippen molar-refractivity contribution in [1.29, 1.82) is 0 Å². The molecule has 2 N–H and O–H groups in total. The van der Waals surface area contributed by atoms with E-state index in [2.05, 4.69) is 14.9 Å². The van der Waals surface area contributed by atoms with Crippen molar-refractivity contribution in [3.8, 4) is 0 Å². The van der Waals surface area contributed by atoms with Crippen LogP contribution in [0.25, 0.3) is 0 Å². The Kier molecular flexibility index (Phi) is 7.10. The summed E-state index contributed by atoms with van der Waals surface area (Å²) in [5.74, 6) is 0.0345. The Hall–Kier alpha value is -0.210. The third-order valence-electron chi connectivity index (χ3n) is 2.76. The van der Waals surface area contributed by atoms with Crippen molar-refractivity contribution >= 4 is 10.0 Å². The summed E-state index contributed by atoms with van der Waals surface area (Å²) in [5.41, 5.74) is 0. The fourth-order valence-corrected chi connectivity index (χ4v) is 2.62. The number of nitrogens with one attached hydrogen (secondary N) is 2. The van der Waals surface area contributed by atoms with Gasteiger partial charge >= 0.3 is 0 Å². The summed E-state index contributed by atoms with van der Waals surface area (Å²) < 4.78 is 31.1. The molecule has 0 aromatic heterocycles. The maximum Gasteiger partial charge on any atom is 0.213 e. The Bertz CT molecular complexity index is 313. The fourth-order valence-electron chi connectivity index (χ4n) is 1.76. The molecular formula is C11H25N3O3S. The van der Waals surface area contributed by atoms with E-state index in [0.717, 1.165) is 32.7 Å². The van der Waals surface area contributed by atoms with E-state index in [9.17, 15) is 8.42 Å². The molecule has 1 aliphatic rings. The van der Waals surface area contributed by atoms with Gasteiger partial charge in [0.15, 0.2) is 0 Å². The normalized spacial score (nSPS) is 18.4. The lowest BCUT2D eigenvalue weighted by Gasteiger charge is -2.27. The van der Waals surface area contributed by atoms with E-state index in [1.54, 1.807) is 0 Å². The van der Waals surface area contributed by atoms with Gasteiger partial charge in [0.25, 0.3) is 0 Å². The van der Waals surface area contributed by atoms with Gasteiger partial charge in [-0.25, -0.2) is 13.1 Å². The molecule has 1 fully saturated rings. The molecule has 1 saturated heterocycles. The topological polar surface area (TPSA) is 70.7 Å². The molecule has 0 radical (unpaired) electrons. The second-order valence-corrected chi connectivity index (χ2v) is 6.65. The minimum Gasteiger partial charge on any atom is -0.378 e. The summed E-state index contributed by atoms with van der Waals surface area (Å²) in [5, 5.41) is 3.26. The van der Waals surface area contributed by atoms with Gasteiger partial charge in [0.1, 0.15) is 0 Å². The molecule has 0 bridgehead atoms. The standard InChI is InChI=1S/C11H25N3O3S/c1-11(2)17-9-10-18(15,16)13-5-8-14-6-3-12-4-7-14/h11-13H,3-10H2,1-2H3. The monoisotopic (exact) mass is 279 g/mol. The molecule has 0 aromatic rings. The van der Waals surface area contributed by atoms with Crippen LogP contribution in [0.3, 0.4) is 0 Å². The zero-order valence-corrected chi connectivity index (χ0v) is 12.1. The highest BCUT2D eigenvalue weighted by Gasteiger charge is 2.12. The van der Waals surface area contributed by atoms with E-state index in [1.807, 2.05) is 13.8 Å². The van der Waals surface area contributed by atoms with Gasteiger partial charge in [0, 0.05) is 39.3 Å². The smallest absolute Gasteiger partial charge is 0.213 e. The third-order valence-corrected chi connectivity index (χ3v) is 4.11. The molecule has 0 spiro atoms. The van der Waals surface area contributed by atoms with E-state index < -0.39 is 10.0 Å². The van der Waals surface area contributed by atoms with Crippen LogP contribution in [0, 0.1) is 0 Å². The van der Waals surface area contributed by atoms with Crippen LogP contribution in [0.2, 0.25) is 0 Å². The molecule has 0 aliphatic carbocycles. The summed E-state index contributed by atoms with van der Waals surface area (Å²) >= 11 is 0. The first-order chi connectivity index (χ1) is 8.49. The van der Waals surface area contributed by atoms with Gasteiger partial charge in [-0.1, -0.05) is 0 Å². The number of hydrogen-bond acceptors (Lipinski definition) is 5. The van der Waals surface area contributed by atoms with Crippen molar-refractivity contribution < 1.29 is 13.2 Å². The summed E-state index contributed by atoms with van der Waals surface area (Å²) in [6.07, 6.45) is 0.0704. The summed E-state index contributed by atoms with van der Waals surface area (Å²) in [6.45, 7) is 9.21. The lowest BCUT2D eigenvalue weighted by molar-refractivity contribution is 0.0911. The minimum atomic E-state index is -3.20. The van der Waals surface area contributed by atoms with Gasteiger partial charge in [-0.2, -0.15) is 0 Å². The first kappa shape index (κ1) is 15.8. The predicted molar refractivity (Wildman–Crippen MR) is 72.2 cm³/mol. The summed E-state index contributed by atoms with van der Waals surface area (Å²) in [6, 6.07) is 0. The first-order valence-corrected chi connectivity index (χ1v) is 8.17. The fraction of sp³-hybridized carbons (Fsp3) is 1.00. The number of sulfonamides is 1. The molecule has 18 heavy (non-hydrogen) atoms. The first-order valence-electron chi connectivity index (χ1n) is 6.51. The number of nitrogens with zero attached hydrogens (tertiary/aromatic N) is 1. The van der Waals surface area contributed by atoms with E-state index in [1.165, 1.54) is 0 Å². The lowest BCUT2D eigenvalue weighted by atomic mass is 10.3. The van der Waals surface area contributed by atoms with Crippen molar-refractivity contribution in [2.75, 3.05) is 51.6 Å². The number of rotatable bonds is 8. The Balaban J connectivity index is 2.12. The van der Waals surface area contributed by atoms with Crippen molar-refractivity contribution in [3.63, 3.8) is 0 Å². The molecule has 1 heterocycles. The summed E-state index contributed by atoms with van der Waals surface area (Å²) in [7, 11) is -3.20. The quantitative estimate of drug-likeness (QED) is 0.611. The molecule has 1 rings (SSSR count). The average molecular weight is 279 g/mol. The van der Waals surface area contributed by atoms with Gasteiger partial charge < -0.3 is 10.1 Å². The molecule has 0 aromatic carbocycles. The Morgan fingerprint density at radius 1 is 1.33 bits per heavy atom. The zero-order valence-electron chi connectivity index (χ0n) is 11.3. The third kappa shape index (κ3) is 7.27. The van der Waals surface area contributed by atoms with Crippen LogP contribution in [0.15, 0.2) is 0 Å². The highest BCUT2D eigenvalue weighted by Crippen LogP contribution is 1.93. The molecular weight excluding hydrogens is 254 g/mol. The summed E-state index contributed by atoms with van der Waals surface area (Å²) in [4.78, 5) is 2.25. The van der Waals surface area contributed by atoms with Gasteiger partial charge in [0.05, 0.1) is 18.5 Å². The van der Waals surface area contributed by atoms with Crippen LogP contribution in [0.1, 0.15) is 13.8 Å².